The zero-order chi connectivity index (χ0) is 18.6. The van der Waals surface area contributed by atoms with Gasteiger partial charge in [-0.15, -0.1) is 0 Å². The number of ether oxygens (including phenoxy) is 1. The summed E-state index contributed by atoms with van der Waals surface area (Å²) in [5, 5.41) is 4.53. The fourth-order valence-corrected chi connectivity index (χ4v) is 2.69. The summed E-state index contributed by atoms with van der Waals surface area (Å²) < 4.78 is 37.1. The molecule has 26 heavy (non-hydrogen) atoms. The molecule has 1 aliphatic heterocycles. The van der Waals surface area contributed by atoms with Crippen LogP contribution >= 0.6 is 0 Å². The maximum atomic E-state index is 11.9. The molecule has 0 bridgehead atoms. The number of benzene rings is 1. The fourth-order valence-electron chi connectivity index (χ4n) is 2.01. The average Bonchev–Trinajstić information content (AvgIpc) is 2.55. The molecule has 0 saturated carbocycles. The van der Waals surface area contributed by atoms with E-state index in [1.54, 1.807) is 24.3 Å². The molecule has 10 nitrogen and oxygen atoms in total. The van der Waals surface area contributed by atoms with Crippen molar-refractivity contribution in [1.29, 1.82) is 0 Å². The molecule has 1 aromatic rings. The van der Waals surface area contributed by atoms with Crippen LogP contribution in [-0.4, -0.2) is 53.8 Å². The van der Waals surface area contributed by atoms with Gasteiger partial charge in [0.2, 0.25) is 5.91 Å². The second-order valence-corrected chi connectivity index (χ2v) is 6.61. The standard InChI is InChI=1S/C14H17N3O7S.Na/c1-9(15-14(20)24-8-10-5-3-2-4-6-10)12(18)16-11-7-17(13(11)19)25(21,22)23;/h2-6,9,11H,7-8H2,1H3,(H,15,20)(H,16,18)(H,21,22,23);/q;+1/p-1/t9-,11?;/m1./s1. The van der Waals surface area contributed by atoms with Crippen LogP contribution in [0.2, 0.25) is 0 Å². The minimum atomic E-state index is -4.86. The van der Waals surface area contributed by atoms with Crippen LogP contribution in [-0.2, 0) is 31.2 Å². The molecule has 0 radical (unpaired) electrons. The van der Waals surface area contributed by atoms with Crippen LogP contribution in [0.5, 0.6) is 0 Å². The molecular weight excluding hydrogens is 377 g/mol. The van der Waals surface area contributed by atoms with Crippen LogP contribution in [0.25, 0.3) is 0 Å². The van der Waals surface area contributed by atoms with Gasteiger partial charge in [0.05, 0.1) is 6.54 Å². The summed E-state index contributed by atoms with van der Waals surface area (Å²) in [6, 6.07) is 6.79. The molecule has 1 aromatic carbocycles. The summed E-state index contributed by atoms with van der Waals surface area (Å²) in [7, 11) is -4.86. The summed E-state index contributed by atoms with van der Waals surface area (Å²) in [5.74, 6) is -1.72. The maximum Gasteiger partial charge on any atom is 1.00 e. The van der Waals surface area contributed by atoms with Crippen molar-refractivity contribution in [3.63, 3.8) is 0 Å². The molecule has 2 rings (SSSR count). The number of carbonyl (C=O) groups excluding carboxylic acids is 3. The van der Waals surface area contributed by atoms with Gasteiger partial charge < -0.3 is 19.9 Å². The van der Waals surface area contributed by atoms with E-state index >= 15 is 0 Å². The molecule has 0 spiro atoms. The van der Waals surface area contributed by atoms with E-state index in [2.05, 4.69) is 10.6 Å². The van der Waals surface area contributed by atoms with Gasteiger partial charge >= 0.3 is 35.7 Å². The summed E-state index contributed by atoms with van der Waals surface area (Å²) in [6.45, 7) is 0.963. The summed E-state index contributed by atoms with van der Waals surface area (Å²) >= 11 is 0. The van der Waals surface area contributed by atoms with Crippen molar-refractivity contribution < 1.29 is 61.6 Å². The van der Waals surface area contributed by atoms with Gasteiger partial charge in [0.25, 0.3) is 5.91 Å². The Morgan fingerprint density at radius 2 is 1.96 bits per heavy atom. The van der Waals surface area contributed by atoms with Gasteiger partial charge in [-0.3, -0.25) is 9.59 Å². The number of nitrogens with zero attached hydrogens (tertiary/aromatic N) is 1. The van der Waals surface area contributed by atoms with Crippen molar-refractivity contribution in [2.45, 2.75) is 25.6 Å². The first-order valence-electron chi connectivity index (χ1n) is 7.23. The number of hydrogen-bond donors (Lipinski definition) is 2. The average molecular weight is 393 g/mol. The van der Waals surface area contributed by atoms with Crippen LogP contribution in [0.3, 0.4) is 0 Å². The van der Waals surface area contributed by atoms with Gasteiger partial charge in [0.1, 0.15) is 18.7 Å². The number of β-lactam (4-membered cyclic amide) rings is 1. The topological polar surface area (TPSA) is 145 Å². The largest absolute Gasteiger partial charge is 1.00 e. The van der Waals surface area contributed by atoms with Gasteiger partial charge in [-0.25, -0.2) is 17.5 Å². The van der Waals surface area contributed by atoms with E-state index in [-0.39, 0.29) is 40.5 Å². The number of rotatable bonds is 6. The van der Waals surface area contributed by atoms with Crippen molar-refractivity contribution >= 4 is 28.2 Å². The number of carbonyl (C=O) groups is 3. The predicted molar refractivity (Wildman–Crippen MR) is 82.6 cm³/mol. The monoisotopic (exact) mass is 393 g/mol. The summed E-state index contributed by atoms with van der Waals surface area (Å²) in [4.78, 5) is 35.0. The first-order valence-corrected chi connectivity index (χ1v) is 8.60. The third-order valence-electron chi connectivity index (χ3n) is 3.42. The Morgan fingerprint density at radius 3 is 2.50 bits per heavy atom. The number of alkyl carbamates (subject to hydrolysis) is 1. The minimum absolute atomic E-state index is 0. The molecule has 136 valence electrons. The molecule has 1 aliphatic rings. The van der Waals surface area contributed by atoms with Gasteiger partial charge in [-0.2, -0.15) is 0 Å². The normalized spacial score (nSPS) is 17.4. The Balaban J connectivity index is 0.00000338. The molecule has 0 aromatic heterocycles. The SMILES string of the molecule is C[C@@H](NC(=O)OCc1ccccc1)C(=O)NC1CN(S(=O)(=O)[O-])C1=O.[Na+]. The van der Waals surface area contributed by atoms with Crippen LogP contribution in [0.4, 0.5) is 4.79 Å². The third kappa shape index (κ3) is 5.95. The van der Waals surface area contributed by atoms with Crippen molar-refractivity contribution in [3.05, 3.63) is 35.9 Å². The van der Waals surface area contributed by atoms with Crippen molar-refractivity contribution in [2.24, 2.45) is 0 Å². The maximum absolute atomic E-state index is 11.9. The molecule has 12 heteroatoms. The van der Waals surface area contributed by atoms with E-state index < -0.39 is 46.8 Å². The second kappa shape index (κ2) is 9.33. The minimum Gasteiger partial charge on any atom is -0.731 e. The van der Waals surface area contributed by atoms with Crippen molar-refractivity contribution in [3.8, 4) is 0 Å². The van der Waals surface area contributed by atoms with E-state index in [4.69, 9.17) is 4.74 Å². The Bertz CT molecular complexity index is 772. The van der Waals surface area contributed by atoms with E-state index in [0.717, 1.165) is 5.56 Å². The molecule has 0 aliphatic carbocycles. The summed E-state index contributed by atoms with van der Waals surface area (Å²) in [5.41, 5.74) is 0.772. The zero-order valence-corrected chi connectivity index (χ0v) is 17.0. The van der Waals surface area contributed by atoms with Crippen LogP contribution in [0, 0.1) is 0 Å². The number of amides is 3. The first-order chi connectivity index (χ1) is 11.7. The Hall–Kier alpha value is -1.66. The molecule has 1 saturated heterocycles. The fraction of sp³-hybridized carbons (Fsp3) is 0.357. The molecule has 2 N–H and O–H groups in total. The van der Waals surface area contributed by atoms with Gasteiger partial charge in [-0.05, 0) is 12.5 Å². The smallest absolute Gasteiger partial charge is 0.731 e. The number of hydrogen-bond acceptors (Lipinski definition) is 7. The van der Waals surface area contributed by atoms with E-state index in [9.17, 15) is 27.4 Å². The molecular formula is C14H16N3NaO7S. The van der Waals surface area contributed by atoms with Gasteiger partial charge in [0.15, 0.2) is 10.3 Å². The zero-order valence-electron chi connectivity index (χ0n) is 14.2. The predicted octanol–water partition coefficient (Wildman–Crippen LogP) is -3.91. The number of nitrogens with one attached hydrogen (secondary N) is 2. The van der Waals surface area contributed by atoms with Crippen LogP contribution in [0.1, 0.15) is 12.5 Å². The first kappa shape index (κ1) is 22.4. The molecule has 3 amide bonds. The Morgan fingerprint density at radius 1 is 1.35 bits per heavy atom. The third-order valence-corrected chi connectivity index (χ3v) is 4.29. The van der Waals surface area contributed by atoms with E-state index in [1.165, 1.54) is 6.92 Å². The van der Waals surface area contributed by atoms with Gasteiger partial charge in [-0.1, -0.05) is 30.3 Å². The Kier molecular flexibility index (Phi) is 8.03. The molecule has 1 fully saturated rings. The van der Waals surface area contributed by atoms with Crippen molar-refractivity contribution in [1.82, 2.24) is 14.9 Å². The summed E-state index contributed by atoms with van der Waals surface area (Å²) in [6.07, 6.45) is -0.824. The van der Waals surface area contributed by atoms with Crippen molar-refractivity contribution in [2.75, 3.05) is 6.54 Å². The Labute approximate surface area is 172 Å². The van der Waals surface area contributed by atoms with E-state index in [0.29, 0.717) is 0 Å². The molecule has 1 heterocycles. The van der Waals surface area contributed by atoms with Crippen LogP contribution in [0.15, 0.2) is 30.3 Å². The van der Waals surface area contributed by atoms with Crippen LogP contribution < -0.4 is 40.2 Å². The van der Waals surface area contributed by atoms with Gasteiger partial charge in [0, 0.05) is 0 Å². The quantitative estimate of drug-likeness (QED) is 0.285. The molecule has 2 atom stereocenters. The van der Waals surface area contributed by atoms with E-state index in [1.807, 2.05) is 6.07 Å². The molecule has 1 unspecified atom stereocenters. The second-order valence-electron chi connectivity index (χ2n) is 5.32.